The van der Waals surface area contributed by atoms with Gasteiger partial charge < -0.3 is 11.5 Å². The number of nitrogen functional groups attached to an aromatic ring is 1. The van der Waals surface area contributed by atoms with E-state index >= 15 is 0 Å². The van der Waals surface area contributed by atoms with Crippen molar-refractivity contribution >= 4 is 15.5 Å². The van der Waals surface area contributed by atoms with Gasteiger partial charge in [0.15, 0.2) is 9.84 Å². The first-order chi connectivity index (χ1) is 6.08. The van der Waals surface area contributed by atoms with Gasteiger partial charge >= 0.3 is 0 Å². The molecule has 0 aromatic heterocycles. The summed E-state index contributed by atoms with van der Waals surface area (Å²) in [5, 5.41) is 0. The highest BCUT2D eigenvalue weighted by atomic mass is 32.2. The van der Waals surface area contributed by atoms with Crippen molar-refractivity contribution in [1.29, 1.82) is 0 Å². The molecule has 0 aliphatic carbocycles. The summed E-state index contributed by atoms with van der Waals surface area (Å²) in [5.41, 5.74) is 11.0. The van der Waals surface area contributed by atoms with Gasteiger partial charge in [-0.15, -0.1) is 0 Å². The molecule has 0 radical (unpaired) electrons. The molecule has 4 N–H and O–H groups in total. The van der Waals surface area contributed by atoms with Crippen LogP contribution in [0.25, 0.3) is 0 Å². The summed E-state index contributed by atoms with van der Waals surface area (Å²) in [5.74, 6) is -0.0682. The van der Waals surface area contributed by atoms with Gasteiger partial charge in [0, 0.05) is 6.54 Å². The number of rotatable bonds is 3. The van der Waals surface area contributed by atoms with Crippen molar-refractivity contribution in [2.75, 3.05) is 18.0 Å². The van der Waals surface area contributed by atoms with Crippen molar-refractivity contribution in [2.24, 2.45) is 5.73 Å². The lowest BCUT2D eigenvalue weighted by Gasteiger charge is -2.04. The fourth-order valence-electron chi connectivity index (χ4n) is 1.03. The Kier molecular flexibility index (Phi) is 2.90. The third kappa shape index (κ3) is 2.19. The third-order valence-corrected chi connectivity index (χ3v) is 3.46. The van der Waals surface area contributed by atoms with Crippen LogP contribution in [0.1, 0.15) is 0 Å². The largest absolute Gasteiger partial charge is 0.398 e. The van der Waals surface area contributed by atoms with Gasteiger partial charge in [-0.05, 0) is 12.1 Å². The van der Waals surface area contributed by atoms with Crippen molar-refractivity contribution in [3.63, 3.8) is 0 Å². The van der Waals surface area contributed by atoms with E-state index in [1.54, 1.807) is 18.2 Å². The summed E-state index contributed by atoms with van der Waals surface area (Å²) in [6.45, 7) is 0.108. The Morgan fingerprint density at radius 2 is 1.85 bits per heavy atom. The van der Waals surface area contributed by atoms with Gasteiger partial charge in [-0.2, -0.15) is 0 Å². The molecule has 1 aromatic rings. The van der Waals surface area contributed by atoms with Crippen LogP contribution in [0.5, 0.6) is 0 Å². The molecular weight excluding hydrogens is 188 g/mol. The zero-order valence-corrected chi connectivity index (χ0v) is 7.92. The summed E-state index contributed by atoms with van der Waals surface area (Å²) >= 11 is 0. The first-order valence-electron chi connectivity index (χ1n) is 3.85. The van der Waals surface area contributed by atoms with Crippen LogP contribution in [-0.2, 0) is 9.84 Å². The maximum atomic E-state index is 11.5. The molecule has 0 atom stereocenters. The van der Waals surface area contributed by atoms with E-state index in [1.807, 2.05) is 0 Å². The summed E-state index contributed by atoms with van der Waals surface area (Å²) in [6, 6.07) is 6.38. The quantitative estimate of drug-likeness (QED) is 0.672. The van der Waals surface area contributed by atoms with E-state index in [0.29, 0.717) is 0 Å². The molecule has 0 saturated carbocycles. The molecule has 0 unspecified atom stereocenters. The van der Waals surface area contributed by atoms with E-state index in [2.05, 4.69) is 0 Å². The van der Waals surface area contributed by atoms with Gasteiger partial charge in [0.1, 0.15) is 0 Å². The smallest absolute Gasteiger partial charge is 0.181 e. The molecule has 13 heavy (non-hydrogen) atoms. The summed E-state index contributed by atoms with van der Waals surface area (Å²) in [6.07, 6.45) is 0. The number of nitrogens with two attached hydrogens (primary N) is 2. The minimum atomic E-state index is -3.29. The molecule has 0 saturated heterocycles. The maximum absolute atomic E-state index is 11.5. The molecule has 0 aliphatic rings. The zero-order valence-electron chi connectivity index (χ0n) is 7.10. The highest BCUT2D eigenvalue weighted by Gasteiger charge is 2.15. The summed E-state index contributed by atoms with van der Waals surface area (Å²) in [4.78, 5) is 0.167. The molecule has 0 bridgehead atoms. The van der Waals surface area contributed by atoms with Gasteiger partial charge in [0.05, 0.1) is 16.3 Å². The minimum absolute atomic E-state index is 0.0682. The van der Waals surface area contributed by atoms with Crippen LogP contribution in [0.3, 0.4) is 0 Å². The molecular formula is C8H12N2O2S. The lowest BCUT2D eigenvalue weighted by Crippen LogP contribution is -2.16. The second-order valence-electron chi connectivity index (χ2n) is 2.65. The number of sulfone groups is 1. The standard InChI is InChI=1S/C8H12N2O2S/c9-5-6-13(11,12)8-4-2-1-3-7(8)10/h1-4H,5-6,9-10H2. The SMILES string of the molecule is NCCS(=O)(=O)c1ccccc1N. The first kappa shape index (κ1) is 10.0. The number of hydrogen-bond donors (Lipinski definition) is 2. The van der Waals surface area contributed by atoms with Gasteiger partial charge in [-0.25, -0.2) is 8.42 Å². The second kappa shape index (κ2) is 3.76. The van der Waals surface area contributed by atoms with Crippen LogP contribution in [0.4, 0.5) is 5.69 Å². The number of hydrogen-bond acceptors (Lipinski definition) is 4. The molecule has 5 heteroatoms. The molecule has 0 aliphatic heterocycles. The molecule has 1 aromatic carbocycles. The van der Waals surface area contributed by atoms with E-state index in [-0.39, 0.29) is 22.9 Å². The van der Waals surface area contributed by atoms with Gasteiger partial charge in [0.25, 0.3) is 0 Å². The van der Waals surface area contributed by atoms with Crippen molar-refractivity contribution in [3.8, 4) is 0 Å². The van der Waals surface area contributed by atoms with E-state index in [4.69, 9.17) is 11.5 Å². The van der Waals surface area contributed by atoms with Crippen LogP contribution in [0.15, 0.2) is 29.2 Å². The Balaban J connectivity index is 3.15. The van der Waals surface area contributed by atoms with E-state index in [1.165, 1.54) is 6.07 Å². The molecule has 72 valence electrons. The summed E-state index contributed by atoms with van der Waals surface area (Å²) < 4.78 is 23.0. The van der Waals surface area contributed by atoms with Crippen molar-refractivity contribution in [1.82, 2.24) is 0 Å². The Bertz CT molecular complexity index is 387. The third-order valence-electron chi connectivity index (χ3n) is 1.64. The van der Waals surface area contributed by atoms with E-state index in [0.717, 1.165) is 0 Å². The van der Waals surface area contributed by atoms with Crippen LogP contribution in [-0.4, -0.2) is 20.7 Å². The van der Waals surface area contributed by atoms with E-state index in [9.17, 15) is 8.42 Å². The van der Waals surface area contributed by atoms with Crippen molar-refractivity contribution in [3.05, 3.63) is 24.3 Å². The zero-order chi connectivity index (χ0) is 9.90. The Labute approximate surface area is 77.5 Å². The predicted molar refractivity (Wildman–Crippen MR) is 52.0 cm³/mol. The Morgan fingerprint density at radius 1 is 1.23 bits per heavy atom. The number of benzene rings is 1. The van der Waals surface area contributed by atoms with Crippen molar-refractivity contribution < 1.29 is 8.42 Å². The highest BCUT2D eigenvalue weighted by molar-refractivity contribution is 7.91. The fraction of sp³-hybridized carbons (Fsp3) is 0.250. The lowest BCUT2D eigenvalue weighted by atomic mass is 10.3. The van der Waals surface area contributed by atoms with Gasteiger partial charge in [0.2, 0.25) is 0 Å². The average molecular weight is 200 g/mol. The van der Waals surface area contributed by atoms with Gasteiger partial charge in [-0.1, -0.05) is 12.1 Å². The maximum Gasteiger partial charge on any atom is 0.181 e. The molecule has 0 spiro atoms. The molecule has 0 heterocycles. The first-order valence-corrected chi connectivity index (χ1v) is 5.50. The molecule has 0 amide bonds. The normalized spacial score (nSPS) is 11.5. The molecule has 1 rings (SSSR count). The molecule has 0 fully saturated rings. The number of para-hydroxylation sites is 1. The average Bonchev–Trinajstić information content (AvgIpc) is 2.04. The highest BCUT2D eigenvalue weighted by Crippen LogP contribution is 2.17. The summed E-state index contributed by atoms with van der Waals surface area (Å²) in [7, 11) is -3.29. The Hall–Kier alpha value is -1.07. The van der Waals surface area contributed by atoms with Crippen LogP contribution in [0, 0.1) is 0 Å². The van der Waals surface area contributed by atoms with Gasteiger partial charge in [-0.3, -0.25) is 0 Å². The van der Waals surface area contributed by atoms with Crippen molar-refractivity contribution in [2.45, 2.75) is 4.90 Å². The Morgan fingerprint density at radius 3 is 2.38 bits per heavy atom. The van der Waals surface area contributed by atoms with Crippen LogP contribution >= 0.6 is 0 Å². The monoisotopic (exact) mass is 200 g/mol. The molecule has 4 nitrogen and oxygen atoms in total. The topological polar surface area (TPSA) is 86.2 Å². The van der Waals surface area contributed by atoms with E-state index < -0.39 is 9.84 Å². The lowest BCUT2D eigenvalue weighted by molar-refractivity contribution is 0.596. The fourth-order valence-corrected chi connectivity index (χ4v) is 2.27. The van der Waals surface area contributed by atoms with Crippen LogP contribution in [0.2, 0.25) is 0 Å². The van der Waals surface area contributed by atoms with Crippen LogP contribution < -0.4 is 11.5 Å². The second-order valence-corrected chi connectivity index (χ2v) is 4.72. The number of anilines is 1. The predicted octanol–water partition coefficient (Wildman–Crippen LogP) is 0.00120. The minimum Gasteiger partial charge on any atom is -0.398 e.